The minimum absolute atomic E-state index is 0.176. The van der Waals surface area contributed by atoms with Crippen molar-refractivity contribution < 1.29 is 9.07 Å². The Kier molecular flexibility index (Phi) is 3.95. The maximum atomic E-state index is 9.41. The maximum Gasteiger partial charge on any atom is 0.374 e. The van der Waals surface area contributed by atoms with Crippen LogP contribution in [-0.2, 0) is 4.65 Å². The molecule has 0 amide bonds. The zero-order chi connectivity index (χ0) is 14.9. The van der Waals surface area contributed by atoms with E-state index in [1.807, 2.05) is 13.8 Å². The quantitative estimate of drug-likeness (QED) is 0.492. The first kappa shape index (κ1) is 14.3. The highest BCUT2D eigenvalue weighted by Gasteiger charge is 2.21. The van der Waals surface area contributed by atoms with Crippen LogP contribution in [0.5, 0.6) is 0 Å². The SMILES string of the molecule is [B]OC(=C(C#N)c1nc(C)c(C)s1)c1nc(C)oc1C. The Hall–Kier alpha value is -2.07. The molecule has 20 heavy (non-hydrogen) atoms. The number of aryl methyl sites for hydroxylation is 4. The van der Waals surface area contributed by atoms with Gasteiger partial charge < -0.3 is 9.07 Å². The second-order valence-electron chi connectivity index (χ2n) is 4.23. The normalized spacial score (nSPS) is 11.9. The first-order valence-electron chi connectivity index (χ1n) is 5.87. The summed E-state index contributed by atoms with van der Waals surface area (Å²) in [7, 11) is 5.33. The third kappa shape index (κ3) is 2.47. The first-order valence-corrected chi connectivity index (χ1v) is 6.69. The molecule has 0 aliphatic rings. The van der Waals surface area contributed by atoms with E-state index in [-0.39, 0.29) is 11.3 Å². The van der Waals surface area contributed by atoms with Gasteiger partial charge in [-0.05, 0) is 20.8 Å². The number of aromatic nitrogens is 2. The minimum Gasteiger partial charge on any atom is -0.565 e. The topological polar surface area (TPSA) is 71.9 Å². The Balaban J connectivity index is 2.66. The summed E-state index contributed by atoms with van der Waals surface area (Å²) in [5.41, 5.74) is 1.55. The fourth-order valence-electron chi connectivity index (χ4n) is 1.75. The third-order valence-electron chi connectivity index (χ3n) is 2.82. The Morgan fingerprint density at radius 3 is 2.40 bits per heavy atom. The van der Waals surface area contributed by atoms with Crippen LogP contribution in [0.4, 0.5) is 0 Å². The zero-order valence-electron chi connectivity index (χ0n) is 11.6. The summed E-state index contributed by atoms with van der Waals surface area (Å²) >= 11 is 1.41. The Morgan fingerprint density at radius 2 is 2.00 bits per heavy atom. The van der Waals surface area contributed by atoms with Crippen LogP contribution in [0.3, 0.4) is 0 Å². The van der Waals surface area contributed by atoms with Crippen LogP contribution >= 0.6 is 11.3 Å². The largest absolute Gasteiger partial charge is 0.565 e. The molecule has 0 N–H and O–H groups in total. The van der Waals surface area contributed by atoms with Crippen LogP contribution in [0, 0.1) is 39.0 Å². The number of nitriles is 1. The summed E-state index contributed by atoms with van der Waals surface area (Å²) < 4.78 is 10.2. The van der Waals surface area contributed by atoms with Crippen molar-refractivity contribution in [1.82, 2.24) is 9.97 Å². The summed E-state index contributed by atoms with van der Waals surface area (Å²) in [6, 6.07) is 2.09. The molecule has 0 unspecified atom stereocenters. The molecule has 2 aromatic rings. The molecule has 2 heterocycles. The van der Waals surface area contributed by atoms with Crippen LogP contribution in [0.25, 0.3) is 11.3 Å². The molecule has 2 aromatic heterocycles. The Labute approximate surface area is 122 Å². The van der Waals surface area contributed by atoms with Gasteiger partial charge in [0.05, 0.1) is 5.69 Å². The van der Waals surface area contributed by atoms with E-state index in [4.69, 9.17) is 17.1 Å². The van der Waals surface area contributed by atoms with Gasteiger partial charge in [-0.1, -0.05) is 0 Å². The van der Waals surface area contributed by atoms with Crippen molar-refractivity contribution in [2.24, 2.45) is 0 Å². The van der Waals surface area contributed by atoms with E-state index in [0.717, 1.165) is 10.6 Å². The van der Waals surface area contributed by atoms with Gasteiger partial charge in [0.2, 0.25) is 0 Å². The molecule has 5 nitrogen and oxygen atoms in total. The lowest BCUT2D eigenvalue weighted by atomic mass is 10.2. The van der Waals surface area contributed by atoms with Crippen molar-refractivity contribution in [3.63, 3.8) is 0 Å². The van der Waals surface area contributed by atoms with E-state index in [9.17, 15) is 5.26 Å². The Morgan fingerprint density at radius 1 is 1.30 bits per heavy atom. The Bertz CT molecular complexity index is 705. The van der Waals surface area contributed by atoms with Gasteiger partial charge in [0, 0.05) is 11.8 Å². The number of thiazole rings is 1. The first-order chi connectivity index (χ1) is 9.47. The van der Waals surface area contributed by atoms with Crippen LogP contribution in [-0.4, -0.2) is 18.0 Å². The lowest BCUT2D eigenvalue weighted by molar-refractivity contribution is 0.492. The highest BCUT2D eigenvalue weighted by molar-refractivity contribution is 7.13. The van der Waals surface area contributed by atoms with Crippen LogP contribution in [0.1, 0.15) is 32.9 Å². The summed E-state index contributed by atoms with van der Waals surface area (Å²) in [6.45, 7) is 7.29. The van der Waals surface area contributed by atoms with Crippen molar-refractivity contribution in [3.8, 4) is 6.07 Å². The number of hydrogen-bond donors (Lipinski definition) is 0. The minimum atomic E-state index is 0.176. The van der Waals surface area contributed by atoms with E-state index < -0.39 is 0 Å². The van der Waals surface area contributed by atoms with Gasteiger partial charge in [-0.25, -0.2) is 9.97 Å². The molecule has 0 saturated carbocycles. The van der Waals surface area contributed by atoms with Crippen LogP contribution in [0.2, 0.25) is 0 Å². The molecule has 0 bridgehead atoms. The van der Waals surface area contributed by atoms with E-state index in [2.05, 4.69) is 16.0 Å². The number of rotatable bonds is 3. The molecular weight excluding hydrogens is 273 g/mol. The highest BCUT2D eigenvalue weighted by Crippen LogP contribution is 2.31. The molecule has 0 aromatic carbocycles. The third-order valence-corrected chi connectivity index (χ3v) is 3.91. The summed E-state index contributed by atoms with van der Waals surface area (Å²) in [6.07, 6.45) is 0. The van der Waals surface area contributed by atoms with E-state index in [1.165, 1.54) is 11.3 Å². The molecular formula is C13H12BN3O2S. The fourth-order valence-corrected chi connectivity index (χ4v) is 2.65. The average Bonchev–Trinajstić information content (AvgIpc) is 2.89. The second kappa shape index (κ2) is 5.51. The fraction of sp³-hybridized carbons (Fsp3) is 0.308. The predicted molar refractivity (Wildman–Crippen MR) is 76.8 cm³/mol. The van der Waals surface area contributed by atoms with Gasteiger partial charge in [0.15, 0.2) is 5.89 Å². The standard InChI is InChI=1S/C13H12BN3O2S/c1-6-8(3)20-13(16-6)10(5-15)12(19-14)11-7(2)18-9(4)17-11/h1-4H3. The molecule has 0 saturated heterocycles. The molecule has 0 spiro atoms. The van der Waals surface area contributed by atoms with Gasteiger partial charge >= 0.3 is 8.05 Å². The molecule has 2 radical (unpaired) electrons. The lowest BCUT2D eigenvalue weighted by Crippen LogP contribution is -1.96. The molecule has 2 rings (SSSR count). The van der Waals surface area contributed by atoms with Gasteiger partial charge in [0.25, 0.3) is 0 Å². The molecule has 0 aliphatic heterocycles. The maximum absolute atomic E-state index is 9.41. The second-order valence-corrected chi connectivity index (χ2v) is 5.44. The van der Waals surface area contributed by atoms with E-state index in [0.29, 0.717) is 22.4 Å². The van der Waals surface area contributed by atoms with Gasteiger partial charge in [-0.15, -0.1) is 11.3 Å². The highest BCUT2D eigenvalue weighted by atomic mass is 32.1. The van der Waals surface area contributed by atoms with Crippen molar-refractivity contribution in [2.45, 2.75) is 27.7 Å². The number of oxazole rings is 1. The van der Waals surface area contributed by atoms with Crippen molar-refractivity contribution in [3.05, 3.63) is 32.9 Å². The van der Waals surface area contributed by atoms with Gasteiger partial charge in [-0.2, -0.15) is 5.26 Å². The monoisotopic (exact) mass is 285 g/mol. The number of nitrogens with zero attached hydrogens (tertiary/aromatic N) is 3. The number of hydrogen-bond acceptors (Lipinski definition) is 6. The van der Waals surface area contributed by atoms with Crippen LogP contribution < -0.4 is 0 Å². The number of allylic oxidation sites excluding steroid dienone is 1. The smallest absolute Gasteiger partial charge is 0.374 e. The van der Waals surface area contributed by atoms with Crippen molar-refractivity contribution in [2.75, 3.05) is 0 Å². The van der Waals surface area contributed by atoms with E-state index in [1.54, 1.807) is 13.8 Å². The van der Waals surface area contributed by atoms with Crippen molar-refractivity contribution in [1.29, 1.82) is 5.26 Å². The van der Waals surface area contributed by atoms with Crippen molar-refractivity contribution >= 4 is 30.7 Å². The average molecular weight is 285 g/mol. The summed E-state index contributed by atoms with van der Waals surface area (Å²) in [5.74, 6) is 1.20. The molecule has 0 aliphatic carbocycles. The predicted octanol–water partition coefficient (Wildman–Crippen LogP) is 2.86. The summed E-state index contributed by atoms with van der Waals surface area (Å²) in [4.78, 5) is 9.60. The molecule has 0 atom stereocenters. The molecule has 100 valence electrons. The summed E-state index contributed by atoms with van der Waals surface area (Å²) in [5, 5.41) is 9.96. The van der Waals surface area contributed by atoms with E-state index >= 15 is 0 Å². The zero-order valence-corrected chi connectivity index (χ0v) is 12.5. The molecule has 0 fully saturated rings. The van der Waals surface area contributed by atoms with Gasteiger partial charge in [-0.3, -0.25) is 0 Å². The van der Waals surface area contributed by atoms with Crippen LogP contribution in [0.15, 0.2) is 4.42 Å². The molecule has 7 heteroatoms. The van der Waals surface area contributed by atoms with Gasteiger partial charge in [0.1, 0.15) is 33.9 Å². The lowest BCUT2D eigenvalue weighted by Gasteiger charge is -2.06.